The number of halogens is 2. The molecule has 1 atom stereocenters. The number of rotatable bonds is 5. The summed E-state index contributed by atoms with van der Waals surface area (Å²) in [6, 6.07) is 0. The van der Waals surface area contributed by atoms with Crippen molar-refractivity contribution in [1.82, 2.24) is 0 Å². The number of carbonyl (C=O) groups is 1. The molecular weight excluding hydrogens is 206 g/mol. The first kappa shape index (κ1) is 12.4. The van der Waals surface area contributed by atoms with E-state index < -0.39 is 23.4 Å². The molecule has 3 nitrogen and oxygen atoms in total. The van der Waals surface area contributed by atoms with E-state index >= 15 is 0 Å². The maximum absolute atomic E-state index is 13.6. The maximum Gasteiger partial charge on any atom is 0.380 e. The third kappa shape index (κ3) is 1.97. The summed E-state index contributed by atoms with van der Waals surface area (Å²) in [5, 5.41) is 9.83. The van der Waals surface area contributed by atoms with Gasteiger partial charge in [0.1, 0.15) is 5.60 Å². The van der Waals surface area contributed by atoms with E-state index in [1.165, 1.54) is 13.8 Å². The van der Waals surface area contributed by atoms with Gasteiger partial charge in [-0.2, -0.15) is 8.78 Å². The Morgan fingerprint density at radius 1 is 1.47 bits per heavy atom. The Morgan fingerprint density at radius 2 is 2.00 bits per heavy atom. The summed E-state index contributed by atoms with van der Waals surface area (Å²) in [5.41, 5.74) is -2.24. The van der Waals surface area contributed by atoms with E-state index in [1.54, 1.807) is 0 Å². The number of hydrogen-bond acceptors (Lipinski definition) is 3. The standard InChI is InChI=1S/C10H16F2O3/c1-3-9(14,7-5-6-7)10(11,12)8(13)15-4-2/h7,14H,3-6H2,1-2H3. The molecule has 5 heteroatoms. The van der Waals surface area contributed by atoms with Crippen LogP contribution in [-0.2, 0) is 9.53 Å². The first-order valence-corrected chi connectivity index (χ1v) is 5.17. The van der Waals surface area contributed by atoms with E-state index in [1.807, 2.05) is 0 Å². The van der Waals surface area contributed by atoms with Crippen LogP contribution in [0.2, 0.25) is 0 Å². The minimum Gasteiger partial charge on any atom is -0.461 e. The van der Waals surface area contributed by atoms with E-state index in [2.05, 4.69) is 4.74 Å². The highest BCUT2D eigenvalue weighted by Crippen LogP contribution is 2.49. The fourth-order valence-electron chi connectivity index (χ4n) is 1.73. The van der Waals surface area contributed by atoms with Gasteiger partial charge in [-0.1, -0.05) is 6.92 Å². The second-order valence-electron chi connectivity index (χ2n) is 3.85. The molecule has 1 N–H and O–H groups in total. The Morgan fingerprint density at radius 3 is 2.33 bits per heavy atom. The van der Waals surface area contributed by atoms with Gasteiger partial charge in [0, 0.05) is 0 Å². The summed E-state index contributed by atoms with van der Waals surface area (Å²) < 4.78 is 31.5. The van der Waals surface area contributed by atoms with Gasteiger partial charge in [0.2, 0.25) is 0 Å². The molecule has 1 saturated carbocycles. The molecule has 0 aromatic heterocycles. The van der Waals surface area contributed by atoms with Gasteiger partial charge in [0.15, 0.2) is 0 Å². The van der Waals surface area contributed by atoms with Crippen LogP contribution in [0, 0.1) is 5.92 Å². The van der Waals surface area contributed by atoms with Crippen LogP contribution < -0.4 is 0 Å². The van der Waals surface area contributed by atoms with Crippen molar-refractivity contribution >= 4 is 5.97 Å². The highest BCUT2D eigenvalue weighted by atomic mass is 19.3. The van der Waals surface area contributed by atoms with Crippen LogP contribution in [0.1, 0.15) is 33.1 Å². The number of aliphatic hydroxyl groups is 1. The molecule has 1 aliphatic rings. The van der Waals surface area contributed by atoms with Crippen LogP contribution in [0.3, 0.4) is 0 Å². The normalized spacial score (nSPS) is 20.9. The van der Waals surface area contributed by atoms with Gasteiger partial charge in [-0.3, -0.25) is 0 Å². The van der Waals surface area contributed by atoms with Crippen LogP contribution in [0.25, 0.3) is 0 Å². The van der Waals surface area contributed by atoms with Gasteiger partial charge in [0.25, 0.3) is 0 Å². The molecular formula is C10H16F2O3. The predicted molar refractivity (Wildman–Crippen MR) is 49.5 cm³/mol. The highest BCUT2D eigenvalue weighted by Gasteiger charge is 2.64. The van der Waals surface area contributed by atoms with Gasteiger partial charge in [-0.05, 0) is 32.1 Å². The first-order valence-electron chi connectivity index (χ1n) is 5.17. The van der Waals surface area contributed by atoms with E-state index in [-0.39, 0.29) is 13.0 Å². The van der Waals surface area contributed by atoms with Crippen LogP contribution in [0.4, 0.5) is 8.78 Å². The Bertz CT molecular complexity index is 251. The molecule has 1 unspecified atom stereocenters. The molecule has 0 aromatic rings. The van der Waals surface area contributed by atoms with Crippen molar-refractivity contribution in [2.24, 2.45) is 5.92 Å². The SMILES string of the molecule is CCOC(=O)C(F)(F)C(O)(CC)C1CC1. The van der Waals surface area contributed by atoms with Crippen LogP contribution in [-0.4, -0.2) is 29.2 Å². The molecule has 0 radical (unpaired) electrons. The largest absolute Gasteiger partial charge is 0.461 e. The summed E-state index contributed by atoms with van der Waals surface area (Å²) >= 11 is 0. The predicted octanol–water partition coefficient (Wildman–Crippen LogP) is 1.74. The van der Waals surface area contributed by atoms with Crippen molar-refractivity contribution in [2.75, 3.05) is 6.61 Å². The lowest BCUT2D eigenvalue weighted by atomic mass is 9.87. The molecule has 0 saturated heterocycles. The second kappa shape index (κ2) is 4.04. The van der Waals surface area contributed by atoms with Crippen molar-refractivity contribution in [3.05, 3.63) is 0 Å². The van der Waals surface area contributed by atoms with Crippen LogP contribution in [0.15, 0.2) is 0 Å². The zero-order valence-corrected chi connectivity index (χ0v) is 8.93. The molecule has 0 aliphatic heterocycles. The molecule has 88 valence electrons. The molecule has 1 fully saturated rings. The Balaban J connectivity index is 2.85. The van der Waals surface area contributed by atoms with E-state index in [9.17, 15) is 18.7 Å². The molecule has 0 aromatic carbocycles. The fraction of sp³-hybridized carbons (Fsp3) is 0.900. The molecule has 1 aliphatic carbocycles. The summed E-state index contributed by atoms with van der Waals surface area (Å²) in [5.74, 6) is -5.91. The number of ether oxygens (including phenoxy) is 1. The quantitative estimate of drug-likeness (QED) is 0.721. The van der Waals surface area contributed by atoms with E-state index in [0.29, 0.717) is 12.8 Å². The summed E-state index contributed by atoms with van der Waals surface area (Å²) in [4.78, 5) is 11.1. The zero-order chi connectivity index (χ0) is 11.7. The summed E-state index contributed by atoms with van der Waals surface area (Å²) in [6.07, 6.45) is 0.933. The molecule has 0 bridgehead atoms. The fourth-order valence-corrected chi connectivity index (χ4v) is 1.73. The maximum atomic E-state index is 13.6. The number of carbonyl (C=O) groups excluding carboxylic acids is 1. The van der Waals surface area contributed by atoms with Crippen molar-refractivity contribution < 1.29 is 23.4 Å². The Kier molecular flexibility index (Phi) is 3.33. The van der Waals surface area contributed by atoms with Crippen molar-refractivity contribution in [2.45, 2.75) is 44.6 Å². The lowest BCUT2D eigenvalue weighted by molar-refractivity contribution is -0.219. The van der Waals surface area contributed by atoms with Gasteiger partial charge < -0.3 is 9.84 Å². The van der Waals surface area contributed by atoms with Gasteiger partial charge in [-0.15, -0.1) is 0 Å². The third-order valence-electron chi connectivity index (χ3n) is 2.87. The monoisotopic (exact) mass is 222 g/mol. The molecule has 1 rings (SSSR count). The van der Waals surface area contributed by atoms with Gasteiger partial charge in [0.05, 0.1) is 6.61 Å². The zero-order valence-electron chi connectivity index (χ0n) is 8.93. The van der Waals surface area contributed by atoms with Gasteiger partial charge >= 0.3 is 11.9 Å². The lowest BCUT2D eigenvalue weighted by Gasteiger charge is -2.33. The number of alkyl halides is 2. The Hall–Kier alpha value is -0.710. The summed E-state index contributed by atoms with van der Waals surface area (Å²) in [7, 11) is 0. The highest BCUT2D eigenvalue weighted by molar-refractivity contribution is 5.79. The minimum absolute atomic E-state index is 0.112. The van der Waals surface area contributed by atoms with Crippen LogP contribution >= 0.6 is 0 Å². The second-order valence-corrected chi connectivity index (χ2v) is 3.85. The topological polar surface area (TPSA) is 46.5 Å². The molecule has 0 heterocycles. The van der Waals surface area contributed by atoms with Gasteiger partial charge in [-0.25, -0.2) is 4.79 Å². The average Bonchev–Trinajstić information content (AvgIpc) is 3.00. The van der Waals surface area contributed by atoms with E-state index in [0.717, 1.165) is 0 Å². The molecule has 15 heavy (non-hydrogen) atoms. The summed E-state index contributed by atoms with van der Waals surface area (Å²) in [6.45, 7) is 2.79. The minimum atomic E-state index is -3.81. The number of esters is 1. The molecule has 0 amide bonds. The lowest BCUT2D eigenvalue weighted by Crippen LogP contribution is -2.55. The third-order valence-corrected chi connectivity index (χ3v) is 2.87. The van der Waals surface area contributed by atoms with Crippen molar-refractivity contribution in [3.63, 3.8) is 0 Å². The average molecular weight is 222 g/mol. The van der Waals surface area contributed by atoms with E-state index in [4.69, 9.17) is 0 Å². The first-order chi connectivity index (χ1) is 6.90. The molecule has 0 spiro atoms. The van der Waals surface area contributed by atoms with Crippen molar-refractivity contribution in [3.8, 4) is 0 Å². The Labute approximate surface area is 87.4 Å². The van der Waals surface area contributed by atoms with Crippen LogP contribution in [0.5, 0.6) is 0 Å². The smallest absolute Gasteiger partial charge is 0.380 e. The number of hydrogen-bond donors (Lipinski definition) is 1. The van der Waals surface area contributed by atoms with Crippen molar-refractivity contribution in [1.29, 1.82) is 0 Å².